The second-order valence-corrected chi connectivity index (χ2v) is 7.68. The van der Waals surface area contributed by atoms with E-state index in [0.29, 0.717) is 5.92 Å². The molecule has 2 nitrogen and oxygen atoms in total. The summed E-state index contributed by atoms with van der Waals surface area (Å²) in [4.78, 5) is 0. The zero-order chi connectivity index (χ0) is 13.2. The van der Waals surface area contributed by atoms with E-state index < -0.39 is 0 Å². The number of aliphatic hydroxyl groups is 1. The first kappa shape index (κ1) is 14.3. The van der Waals surface area contributed by atoms with Gasteiger partial charge in [-0.3, -0.25) is 0 Å². The lowest BCUT2D eigenvalue weighted by atomic mass is 9.72. The summed E-state index contributed by atoms with van der Waals surface area (Å²) >= 11 is 0. The summed E-state index contributed by atoms with van der Waals surface area (Å²) in [6.45, 7) is 7.50. The largest absolute Gasteiger partial charge is 0.393 e. The van der Waals surface area contributed by atoms with Crippen LogP contribution in [0.3, 0.4) is 0 Å². The normalized spacial score (nSPS) is 30.3. The third-order valence-corrected chi connectivity index (χ3v) is 4.66. The highest BCUT2D eigenvalue weighted by molar-refractivity contribution is 4.92. The third-order valence-electron chi connectivity index (χ3n) is 4.66. The zero-order valence-electron chi connectivity index (χ0n) is 12.4. The molecular weight excluding hydrogens is 224 g/mol. The Kier molecular flexibility index (Phi) is 4.38. The molecule has 0 bridgehead atoms. The lowest BCUT2D eigenvalue weighted by Gasteiger charge is -2.45. The van der Waals surface area contributed by atoms with Gasteiger partial charge < -0.3 is 9.84 Å². The average molecular weight is 254 g/mol. The molecule has 18 heavy (non-hydrogen) atoms. The van der Waals surface area contributed by atoms with Crippen molar-refractivity contribution in [3.8, 4) is 0 Å². The Bertz CT molecular complexity index is 255. The van der Waals surface area contributed by atoms with Crippen molar-refractivity contribution in [1.82, 2.24) is 0 Å². The standard InChI is InChI=1S/C16H30O2/c1-15(2,3)12-14(17)13-7-10-18-16(11-13)8-5-4-6-9-16/h13-14,17H,4-12H2,1-3H3. The molecule has 0 radical (unpaired) electrons. The highest BCUT2D eigenvalue weighted by Gasteiger charge is 2.40. The predicted octanol–water partition coefficient (Wildman–Crippen LogP) is 3.91. The summed E-state index contributed by atoms with van der Waals surface area (Å²) in [5.41, 5.74) is 0.345. The van der Waals surface area contributed by atoms with Gasteiger partial charge in [0.1, 0.15) is 0 Å². The molecule has 2 fully saturated rings. The van der Waals surface area contributed by atoms with Gasteiger partial charge in [0.25, 0.3) is 0 Å². The summed E-state index contributed by atoms with van der Waals surface area (Å²) in [5, 5.41) is 10.5. The Labute approximate surface area is 112 Å². The topological polar surface area (TPSA) is 29.5 Å². The number of aliphatic hydroxyl groups excluding tert-OH is 1. The highest BCUT2D eigenvalue weighted by Crippen LogP contribution is 2.42. The average Bonchev–Trinajstić information content (AvgIpc) is 2.28. The molecule has 2 unspecified atom stereocenters. The van der Waals surface area contributed by atoms with E-state index in [4.69, 9.17) is 4.74 Å². The molecule has 0 amide bonds. The first-order valence-electron chi connectivity index (χ1n) is 7.72. The molecule has 0 aromatic heterocycles. The van der Waals surface area contributed by atoms with Gasteiger partial charge in [-0.15, -0.1) is 0 Å². The molecule has 0 aromatic rings. The van der Waals surface area contributed by atoms with Crippen LogP contribution < -0.4 is 0 Å². The fraction of sp³-hybridized carbons (Fsp3) is 1.00. The van der Waals surface area contributed by atoms with E-state index in [0.717, 1.165) is 25.9 Å². The highest BCUT2D eigenvalue weighted by atomic mass is 16.5. The number of hydrogen-bond donors (Lipinski definition) is 1. The van der Waals surface area contributed by atoms with Crippen LogP contribution >= 0.6 is 0 Å². The van der Waals surface area contributed by atoms with Crippen LogP contribution in [0.15, 0.2) is 0 Å². The van der Waals surface area contributed by atoms with E-state index in [1.807, 2.05) is 0 Å². The summed E-state index contributed by atoms with van der Waals surface area (Å²) in [7, 11) is 0. The third kappa shape index (κ3) is 3.71. The van der Waals surface area contributed by atoms with Gasteiger partial charge in [0.2, 0.25) is 0 Å². The minimum Gasteiger partial charge on any atom is -0.393 e. The molecule has 1 aliphatic carbocycles. The van der Waals surface area contributed by atoms with E-state index in [1.165, 1.54) is 32.1 Å². The second kappa shape index (κ2) is 5.50. The monoisotopic (exact) mass is 254 g/mol. The van der Waals surface area contributed by atoms with Crippen LogP contribution in [0.25, 0.3) is 0 Å². The van der Waals surface area contributed by atoms with Crippen molar-refractivity contribution in [2.75, 3.05) is 6.61 Å². The van der Waals surface area contributed by atoms with Crippen molar-refractivity contribution >= 4 is 0 Å². The summed E-state index contributed by atoms with van der Waals surface area (Å²) < 4.78 is 6.11. The number of rotatable bonds is 2. The van der Waals surface area contributed by atoms with E-state index in [1.54, 1.807) is 0 Å². The van der Waals surface area contributed by atoms with Gasteiger partial charge >= 0.3 is 0 Å². The molecule has 2 aliphatic rings. The van der Waals surface area contributed by atoms with E-state index in [-0.39, 0.29) is 17.1 Å². The van der Waals surface area contributed by atoms with Crippen molar-refractivity contribution in [2.24, 2.45) is 11.3 Å². The van der Waals surface area contributed by atoms with E-state index in [2.05, 4.69) is 20.8 Å². The molecule has 2 rings (SSSR count). The summed E-state index contributed by atoms with van der Waals surface area (Å²) in [6, 6.07) is 0. The van der Waals surface area contributed by atoms with Gasteiger partial charge in [-0.2, -0.15) is 0 Å². The van der Waals surface area contributed by atoms with Crippen molar-refractivity contribution in [1.29, 1.82) is 0 Å². The van der Waals surface area contributed by atoms with Crippen LogP contribution in [0, 0.1) is 11.3 Å². The number of ether oxygens (including phenoxy) is 1. The van der Waals surface area contributed by atoms with Gasteiger partial charge in [0.15, 0.2) is 0 Å². The molecule has 0 aromatic carbocycles. The smallest absolute Gasteiger partial charge is 0.0686 e. The molecule has 1 spiro atoms. The lowest BCUT2D eigenvalue weighted by molar-refractivity contribution is -0.136. The minimum absolute atomic E-state index is 0.125. The van der Waals surface area contributed by atoms with Crippen LogP contribution in [0.4, 0.5) is 0 Å². The first-order chi connectivity index (χ1) is 8.40. The van der Waals surface area contributed by atoms with Crippen molar-refractivity contribution < 1.29 is 9.84 Å². The fourth-order valence-electron chi connectivity index (χ4n) is 3.73. The van der Waals surface area contributed by atoms with Crippen molar-refractivity contribution in [3.05, 3.63) is 0 Å². The van der Waals surface area contributed by atoms with Crippen molar-refractivity contribution in [3.63, 3.8) is 0 Å². The van der Waals surface area contributed by atoms with Gasteiger partial charge in [-0.05, 0) is 43.4 Å². The fourth-order valence-corrected chi connectivity index (χ4v) is 3.73. The maximum atomic E-state index is 10.5. The Morgan fingerprint density at radius 3 is 2.50 bits per heavy atom. The second-order valence-electron chi connectivity index (χ2n) is 7.68. The zero-order valence-corrected chi connectivity index (χ0v) is 12.4. The molecular formula is C16H30O2. The van der Waals surface area contributed by atoms with E-state index in [9.17, 15) is 5.11 Å². The molecule has 1 N–H and O–H groups in total. The van der Waals surface area contributed by atoms with Crippen LogP contribution in [0.1, 0.15) is 72.1 Å². The first-order valence-corrected chi connectivity index (χ1v) is 7.72. The molecule has 2 atom stereocenters. The quantitative estimate of drug-likeness (QED) is 0.809. The molecule has 1 saturated heterocycles. The number of hydrogen-bond acceptors (Lipinski definition) is 2. The maximum Gasteiger partial charge on any atom is 0.0686 e. The van der Waals surface area contributed by atoms with Crippen LogP contribution in [-0.2, 0) is 4.74 Å². The van der Waals surface area contributed by atoms with Crippen molar-refractivity contribution in [2.45, 2.75) is 83.8 Å². The Morgan fingerprint density at radius 1 is 1.22 bits per heavy atom. The molecule has 1 saturated carbocycles. The molecule has 1 aliphatic heterocycles. The summed E-state index contributed by atoms with van der Waals surface area (Å²) in [6.07, 6.45) is 9.30. The predicted molar refractivity (Wildman–Crippen MR) is 74.6 cm³/mol. The van der Waals surface area contributed by atoms with Gasteiger partial charge in [-0.1, -0.05) is 40.0 Å². The van der Waals surface area contributed by atoms with Gasteiger partial charge in [-0.25, -0.2) is 0 Å². The van der Waals surface area contributed by atoms with Gasteiger partial charge in [0.05, 0.1) is 11.7 Å². The Hall–Kier alpha value is -0.0800. The van der Waals surface area contributed by atoms with Crippen LogP contribution in [0.2, 0.25) is 0 Å². The van der Waals surface area contributed by atoms with E-state index >= 15 is 0 Å². The molecule has 1 heterocycles. The lowest BCUT2D eigenvalue weighted by Crippen LogP contribution is -2.44. The summed E-state index contributed by atoms with van der Waals surface area (Å²) in [5.74, 6) is 0.455. The minimum atomic E-state index is -0.146. The SMILES string of the molecule is CC(C)(C)CC(O)C1CCOC2(CCCCC2)C1. The van der Waals surface area contributed by atoms with Gasteiger partial charge in [0, 0.05) is 6.61 Å². The Balaban J connectivity index is 1.93. The molecule has 2 heteroatoms. The maximum absolute atomic E-state index is 10.5. The molecule has 106 valence electrons. The van der Waals surface area contributed by atoms with Crippen LogP contribution in [0.5, 0.6) is 0 Å². The Morgan fingerprint density at radius 2 is 1.89 bits per heavy atom. The van der Waals surface area contributed by atoms with Crippen LogP contribution in [-0.4, -0.2) is 23.4 Å².